The Morgan fingerprint density at radius 1 is 1.09 bits per heavy atom. The highest BCUT2D eigenvalue weighted by molar-refractivity contribution is 7.14. The Labute approximate surface area is 190 Å². The van der Waals surface area contributed by atoms with Crippen LogP contribution in [0.1, 0.15) is 42.5 Å². The van der Waals surface area contributed by atoms with E-state index in [0.29, 0.717) is 28.0 Å². The quantitative estimate of drug-likeness (QED) is 0.419. The average molecular weight is 449 g/mol. The van der Waals surface area contributed by atoms with Gasteiger partial charge in [0.2, 0.25) is 0 Å². The van der Waals surface area contributed by atoms with Gasteiger partial charge in [-0.25, -0.2) is 4.98 Å². The standard InChI is InChI=1S/C24H24N4O3S/c1-14-10-11-19(30-5)17(12-14)18-13-32-23(25-18)26-20(29)15-8-6-7-9-16(15)21-27-22(28-31-21)24(2,3)4/h6-13H,1-5H3,(H,25,26,29). The molecule has 7 nitrogen and oxygen atoms in total. The minimum atomic E-state index is -0.298. The van der Waals surface area contributed by atoms with Crippen molar-refractivity contribution in [3.05, 3.63) is 64.8 Å². The maximum absolute atomic E-state index is 13.1. The van der Waals surface area contributed by atoms with Crippen LogP contribution in [0.3, 0.4) is 0 Å². The van der Waals surface area contributed by atoms with Gasteiger partial charge in [0.05, 0.1) is 23.9 Å². The summed E-state index contributed by atoms with van der Waals surface area (Å²) in [6, 6.07) is 13.1. The SMILES string of the molecule is COc1ccc(C)cc1-c1csc(NC(=O)c2ccccc2-c2nc(C(C)(C)C)no2)n1. The lowest BCUT2D eigenvalue weighted by Gasteiger charge is -2.11. The second kappa shape index (κ2) is 8.55. The predicted octanol–water partition coefficient (Wildman–Crippen LogP) is 5.73. The summed E-state index contributed by atoms with van der Waals surface area (Å²) < 4.78 is 10.9. The van der Waals surface area contributed by atoms with E-state index in [0.717, 1.165) is 22.6 Å². The van der Waals surface area contributed by atoms with E-state index in [-0.39, 0.29) is 11.3 Å². The number of carbonyl (C=O) groups is 1. The first-order valence-electron chi connectivity index (χ1n) is 10.1. The van der Waals surface area contributed by atoms with Crippen LogP contribution in [0.5, 0.6) is 5.75 Å². The number of amides is 1. The first-order chi connectivity index (χ1) is 15.3. The number of anilines is 1. The average Bonchev–Trinajstić information content (AvgIpc) is 3.43. The topological polar surface area (TPSA) is 90.1 Å². The molecule has 4 aromatic rings. The zero-order valence-corrected chi connectivity index (χ0v) is 19.4. The van der Waals surface area contributed by atoms with Gasteiger partial charge in [0.1, 0.15) is 5.75 Å². The fourth-order valence-electron chi connectivity index (χ4n) is 3.15. The summed E-state index contributed by atoms with van der Waals surface area (Å²) in [5.74, 6) is 1.33. The third-order valence-electron chi connectivity index (χ3n) is 4.85. The molecule has 164 valence electrons. The highest BCUT2D eigenvalue weighted by Crippen LogP contribution is 2.33. The molecule has 0 atom stereocenters. The van der Waals surface area contributed by atoms with Crippen molar-refractivity contribution in [3.8, 4) is 28.5 Å². The van der Waals surface area contributed by atoms with Crippen molar-refractivity contribution in [2.75, 3.05) is 12.4 Å². The number of benzene rings is 2. The van der Waals surface area contributed by atoms with Gasteiger partial charge in [0.25, 0.3) is 11.8 Å². The number of carbonyl (C=O) groups excluding carboxylic acids is 1. The van der Waals surface area contributed by atoms with E-state index in [1.807, 2.05) is 57.3 Å². The van der Waals surface area contributed by atoms with Gasteiger partial charge in [0, 0.05) is 16.4 Å². The van der Waals surface area contributed by atoms with Gasteiger partial charge >= 0.3 is 0 Å². The van der Waals surface area contributed by atoms with E-state index in [1.54, 1.807) is 25.3 Å². The zero-order valence-electron chi connectivity index (χ0n) is 18.6. The van der Waals surface area contributed by atoms with Crippen LogP contribution in [0.2, 0.25) is 0 Å². The molecule has 8 heteroatoms. The first-order valence-corrected chi connectivity index (χ1v) is 11.0. The summed E-state index contributed by atoms with van der Waals surface area (Å²) in [6.45, 7) is 8.02. The third kappa shape index (κ3) is 4.40. The van der Waals surface area contributed by atoms with E-state index in [2.05, 4.69) is 20.4 Å². The first kappa shape index (κ1) is 21.7. The normalized spacial score (nSPS) is 11.4. The number of aromatic nitrogens is 3. The number of nitrogens with zero attached hydrogens (tertiary/aromatic N) is 3. The van der Waals surface area contributed by atoms with Crippen LogP contribution < -0.4 is 10.1 Å². The second-order valence-corrected chi connectivity index (χ2v) is 9.27. The molecule has 2 aromatic carbocycles. The van der Waals surface area contributed by atoms with E-state index in [1.165, 1.54) is 11.3 Å². The number of thiazole rings is 1. The highest BCUT2D eigenvalue weighted by Gasteiger charge is 2.24. The van der Waals surface area contributed by atoms with Crippen molar-refractivity contribution in [2.24, 2.45) is 0 Å². The summed E-state index contributed by atoms with van der Waals surface area (Å²) in [4.78, 5) is 22.2. The fourth-order valence-corrected chi connectivity index (χ4v) is 3.85. The predicted molar refractivity (Wildman–Crippen MR) is 125 cm³/mol. The van der Waals surface area contributed by atoms with Crippen molar-refractivity contribution in [1.82, 2.24) is 15.1 Å². The molecular weight excluding hydrogens is 424 g/mol. The Bertz CT molecular complexity index is 1270. The van der Waals surface area contributed by atoms with Crippen LogP contribution in [-0.2, 0) is 5.41 Å². The second-order valence-electron chi connectivity index (χ2n) is 8.41. The lowest BCUT2D eigenvalue weighted by atomic mass is 9.96. The molecule has 0 aliphatic carbocycles. The number of hydrogen-bond donors (Lipinski definition) is 1. The smallest absolute Gasteiger partial charge is 0.258 e. The maximum Gasteiger partial charge on any atom is 0.258 e. The van der Waals surface area contributed by atoms with Crippen molar-refractivity contribution in [3.63, 3.8) is 0 Å². The van der Waals surface area contributed by atoms with Gasteiger partial charge in [-0.1, -0.05) is 49.7 Å². The molecule has 2 aromatic heterocycles. The number of nitrogens with one attached hydrogen (secondary N) is 1. The Morgan fingerprint density at radius 3 is 2.59 bits per heavy atom. The van der Waals surface area contributed by atoms with Crippen molar-refractivity contribution in [1.29, 1.82) is 0 Å². The molecule has 0 fully saturated rings. The molecule has 0 aliphatic heterocycles. The molecule has 0 unspecified atom stereocenters. The van der Waals surface area contributed by atoms with Gasteiger partial charge < -0.3 is 9.26 Å². The van der Waals surface area contributed by atoms with Crippen LogP contribution in [-0.4, -0.2) is 28.1 Å². The van der Waals surface area contributed by atoms with Gasteiger partial charge in [-0.05, 0) is 31.2 Å². The summed E-state index contributed by atoms with van der Waals surface area (Å²) in [5, 5.41) is 9.34. The minimum Gasteiger partial charge on any atom is -0.496 e. The molecule has 0 spiro atoms. The Balaban J connectivity index is 1.60. The lowest BCUT2D eigenvalue weighted by Crippen LogP contribution is -2.14. The summed E-state index contributed by atoms with van der Waals surface area (Å²) >= 11 is 1.35. The molecular formula is C24H24N4O3S. The summed E-state index contributed by atoms with van der Waals surface area (Å²) in [5.41, 5.74) is 3.47. The highest BCUT2D eigenvalue weighted by atomic mass is 32.1. The third-order valence-corrected chi connectivity index (χ3v) is 5.61. The monoisotopic (exact) mass is 448 g/mol. The number of methoxy groups -OCH3 is 1. The fraction of sp³-hybridized carbons (Fsp3) is 0.250. The number of ether oxygens (including phenoxy) is 1. The molecule has 1 N–H and O–H groups in total. The number of rotatable bonds is 5. The molecule has 0 radical (unpaired) electrons. The van der Waals surface area contributed by atoms with Crippen LogP contribution in [0.4, 0.5) is 5.13 Å². The molecule has 0 aliphatic rings. The molecule has 1 amide bonds. The molecule has 4 rings (SSSR count). The molecule has 0 saturated heterocycles. The minimum absolute atomic E-state index is 0.257. The van der Waals surface area contributed by atoms with E-state index in [4.69, 9.17) is 9.26 Å². The van der Waals surface area contributed by atoms with Crippen LogP contribution in [0, 0.1) is 6.92 Å². The van der Waals surface area contributed by atoms with Crippen molar-refractivity contribution < 1.29 is 14.1 Å². The Morgan fingerprint density at radius 2 is 1.88 bits per heavy atom. The maximum atomic E-state index is 13.1. The van der Waals surface area contributed by atoms with E-state index in [9.17, 15) is 4.79 Å². The lowest BCUT2D eigenvalue weighted by molar-refractivity contribution is 0.102. The largest absolute Gasteiger partial charge is 0.496 e. The Hall–Kier alpha value is -3.52. The molecule has 0 saturated carbocycles. The molecule has 32 heavy (non-hydrogen) atoms. The number of aryl methyl sites for hydroxylation is 1. The molecule has 0 bridgehead atoms. The van der Waals surface area contributed by atoms with Crippen LogP contribution in [0.15, 0.2) is 52.4 Å². The van der Waals surface area contributed by atoms with Gasteiger partial charge in [-0.3, -0.25) is 10.1 Å². The van der Waals surface area contributed by atoms with Crippen LogP contribution in [0.25, 0.3) is 22.7 Å². The van der Waals surface area contributed by atoms with Crippen molar-refractivity contribution >= 4 is 22.4 Å². The van der Waals surface area contributed by atoms with E-state index < -0.39 is 0 Å². The Kier molecular flexibility index (Phi) is 5.80. The van der Waals surface area contributed by atoms with Crippen LogP contribution >= 0.6 is 11.3 Å². The molecule has 2 heterocycles. The van der Waals surface area contributed by atoms with Gasteiger partial charge in [-0.15, -0.1) is 11.3 Å². The number of hydrogen-bond acceptors (Lipinski definition) is 7. The summed E-state index contributed by atoms with van der Waals surface area (Å²) in [7, 11) is 1.63. The summed E-state index contributed by atoms with van der Waals surface area (Å²) in [6.07, 6.45) is 0. The zero-order chi connectivity index (χ0) is 22.9. The van der Waals surface area contributed by atoms with Crippen molar-refractivity contribution in [2.45, 2.75) is 33.1 Å². The van der Waals surface area contributed by atoms with Gasteiger partial charge in [-0.2, -0.15) is 4.98 Å². The van der Waals surface area contributed by atoms with Gasteiger partial charge in [0.15, 0.2) is 11.0 Å². The van der Waals surface area contributed by atoms with E-state index >= 15 is 0 Å².